The fraction of sp³-hybridized carbons (Fsp3) is 0.455. The lowest BCUT2D eigenvalue weighted by Gasteiger charge is -2.16. The van der Waals surface area contributed by atoms with Gasteiger partial charge >= 0.3 is 0 Å². The number of nitrogens with two attached hydrogens (primary N) is 2. The van der Waals surface area contributed by atoms with Gasteiger partial charge in [0.15, 0.2) is 5.96 Å². The van der Waals surface area contributed by atoms with E-state index in [-0.39, 0.29) is 5.96 Å². The highest BCUT2D eigenvalue weighted by molar-refractivity contribution is 5.75. The Morgan fingerprint density at radius 3 is 2.81 bits per heavy atom. The molecular weight excluding hydrogens is 202 g/mol. The van der Waals surface area contributed by atoms with Crippen molar-refractivity contribution in [1.82, 2.24) is 4.98 Å². The number of pyridine rings is 1. The monoisotopic (exact) mass is 219 g/mol. The summed E-state index contributed by atoms with van der Waals surface area (Å²) in [5.41, 5.74) is 11.7. The lowest BCUT2D eigenvalue weighted by atomic mass is 10.2. The van der Waals surface area contributed by atoms with Crippen molar-refractivity contribution in [1.29, 1.82) is 0 Å². The average Bonchev–Trinajstić information content (AvgIpc) is 2.80. The first-order valence-electron chi connectivity index (χ1n) is 5.51. The lowest BCUT2D eigenvalue weighted by molar-refractivity contribution is 0.928. The molecule has 0 saturated carbocycles. The maximum Gasteiger partial charge on any atom is 0.186 e. The number of anilines is 1. The largest absolute Gasteiger partial charge is 0.370 e. The fourth-order valence-electron chi connectivity index (χ4n) is 1.86. The van der Waals surface area contributed by atoms with E-state index in [2.05, 4.69) is 20.9 Å². The molecule has 0 aliphatic carbocycles. The van der Waals surface area contributed by atoms with Crippen molar-refractivity contribution in [2.75, 3.05) is 18.0 Å². The van der Waals surface area contributed by atoms with Crippen LogP contribution in [-0.2, 0) is 6.54 Å². The summed E-state index contributed by atoms with van der Waals surface area (Å²) in [6.07, 6.45) is 4.31. The summed E-state index contributed by atoms with van der Waals surface area (Å²) in [4.78, 5) is 10.6. The van der Waals surface area contributed by atoms with E-state index in [1.54, 1.807) is 0 Å². The second kappa shape index (κ2) is 4.83. The van der Waals surface area contributed by atoms with E-state index in [4.69, 9.17) is 11.5 Å². The molecule has 0 atom stereocenters. The van der Waals surface area contributed by atoms with Crippen molar-refractivity contribution >= 4 is 11.8 Å². The molecule has 1 aliphatic heterocycles. The summed E-state index contributed by atoms with van der Waals surface area (Å²) < 4.78 is 0. The highest BCUT2D eigenvalue weighted by Gasteiger charge is 2.13. The third-order valence-electron chi connectivity index (χ3n) is 2.68. The van der Waals surface area contributed by atoms with Gasteiger partial charge in [-0.2, -0.15) is 0 Å². The molecule has 2 heterocycles. The van der Waals surface area contributed by atoms with Gasteiger partial charge in [-0.25, -0.2) is 9.98 Å². The molecule has 0 aromatic carbocycles. The van der Waals surface area contributed by atoms with Crippen LogP contribution in [0.3, 0.4) is 0 Å². The van der Waals surface area contributed by atoms with Crippen LogP contribution < -0.4 is 16.4 Å². The molecule has 1 saturated heterocycles. The van der Waals surface area contributed by atoms with Gasteiger partial charge in [0.1, 0.15) is 5.82 Å². The normalized spacial score (nSPS) is 15.1. The van der Waals surface area contributed by atoms with Gasteiger partial charge in [0.25, 0.3) is 0 Å². The molecule has 0 radical (unpaired) electrons. The molecule has 0 spiro atoms. The molecule has 4 N–H and O–H groups in total. The maximum absolute atomic E-state index is 5.30. The van der Waals surface area contributed by atoms with Crippen LogP contribution in [0.15, 0.2) is 23.3 Å². The maximum atomic E-state index is 5.30. The van der Waals surface area contributed by atoms with Gasteiger partial charge < -0.3 is 16.4 Å². The standard InChI is InChI=1S/C11H17N5/c12-11(13)15-8-9-3-4-14-10(7-9)16-5-1-2-6-16/h3-4,7H,1-2,5-6,8H2,(H4,12,13,15). The Labute approximate surface area is 95.2 Å². The van der Waals surface area contributed by atoms with Gasteiger partial charge in [0, 0.05) is 19.3 Å². The third-order valence-corrected chi connectivity index (χ3v) is 2.68. The van der Waals surface area contributed by atoms with Crippen molar-refractivity contribution in [3.05, 3.63) is 23.9 Å². The quantitative estimate of drug-likeness (QED) is 0.571. The minimum atomic E-state index is 0.125. The van der Waals surface area contributed by atoms with Crippen LogP contribution in [0.2, 0.25) is 0 Å². The fourth-order valence-corrected chi connectivity index (χ4v) is 1.86. The summed E-state index contributed by atoms with van der Waals surface area (Å²) in [6, 6.07) is 3.99. The molecule has 0 bridgehead atoms. The molecule has 0 amide bonds. The lowest BCUT2D eigenvalue weighted by Crippen LogP contribution is -2.22. The van der Waals surface area contributed by atoms with Crippen LogP contribution >= 0.6 is 0 Å². The summed E-state index contributed by atoms with van der Waals surface area (Å²) in [7, 11) is 0. The Hall–Kier alpha value is -1.78. The van der Waals surface area contributed by atoms with Crippen molar-refractivity contribution in [3.8, 4) is 0 Å². The zero-order valence-corrected chi connectivity index (χ0v) is 9.26. The molecule has 1 aromatic rings. The second-order valence-electron chi connectivity index (χ2n) is 3.96. The molecule has 86 valence electrons. The summed E-state index contributed by atoms with van der Waals surface area (Å²) in [6.45, 7) is 2.71. The minimum absolute atomic E-state index is 0.125. The van der Waals surface area contributed by atoms with E-state index < -0.39 is 0 Å². The number of rotatable bonds is 3. The van der Waals surface area contributed by atoms with Gasteiger partial charge in [-0.1, -0.05) is 0 Å². The molecule has 0 unspecified atom stereocenters. The van der Waals surface area contributed by atoms with Gasteiger partial charge in [-0.05, 0) is 30.5 Å². The SMILES string of the molecule is NC(N)=NCc1ccnc(N2CCCC2)c1. The Balaban J connectivity index is 2.09. The first-order chi connectivity index (χ1) is 7.75. The topological polar surface area (TPSA) is 80.5 Å². The second-order valence-corrected chi connectivity index (χ2v) is 3.96. The van der Waals surface area contributed by atoms with Gasteiger partial charge in [-0.15, -0.1) is 0 Å². The van der Waals surface area contributed by atoms with E-state index in [9.17, 15) is 0 Å². The minimum Gasteiger partial charge on any atom is -0.370 e. The molecule has 1 fully saturated rings. The predicted molar refractivity (Wildman–Crippen MR) is 65.2 cm³/mol. The first-order valence-corrected chi connectivity index (χ1v) is 5.51. The van der Waals surface area contributed by atoms with E-state index in [1.807, 2.05) is 12.3 Å². The van der Waals surface area contributed by atoms with Crippen molar-refractivity contribution in [2.45, 2.75) is 19.4 Å². The third kappa shape index (κ3) is 2.62. The van der Waals surface area contributed by atoms with E-state index >= 15 is 0 Å². The first kappa shape index (κ1) is 10.7. The summed E-state index contributed by atoms with van der Waals surface area (Å²) in [5.74, 6) is 1.15. The van der Waals surface area contributed by atoms with Crippen LogP contribution in [-0.4, -0.2) is 24.0 Å². The summed E-state index contributed by atoms with van der Waals surface area (Å²) in [5, 5.41) is 0. The average molecular weight is 219 g/mol. The van der Waals surface area contributed by atoms with Gasteiger partial charge in [0.2, 0.25) is 0 Å². The Morgan fingerprint density at radius 2 is 2.12 bits per heavy atom. The van der Waals surface area contributed by atoms with Crippen LogP contribution in [0.25, 0.3) is 0 Å². The molecule has 1 aromatic heterocycles. The molecule has 5 nitrogen and oxygen atoms in total. The molecule has 16 heavy (non-hydrogen) atoms. The molecule has 5 heteroatoms. The number of nitrogens with zero attached hydrogens (tertiary/aromatic N) is 3. The highest BCUT2D eigenvalue weighted by atomic mass is 15.2. The number of hydrogen-bond acceptors (Lipinski definition) is 3. The number of aliphatic imine (C=N–C) groups is 1. The van der Waals surface area contributed by atoms with E-state index in [0.717, 1.165) is 24.5 Å². The Kier molecular flexibility index (Phi) is 3.24. The molecular formula is C11H17N5. The smallest absolute Gasteiger partial charge is 0.186 e. The summed E-state index contributed by atoms with van der Waals surface area (Å²) >= 11 is 0. The molecule has 2 rings (SSSR count). The van der Waals surface area contributed by atoms with Crippen LogP contribution in [0.5, 0.6) is 0 Å². The number of hydrogen-bond donors (Lipinski definition) is 2. The Morgan fingerprint density at radius 1 is 1.38 bits per heavy atom. The van der Waals surface area contributed by atoms with Crippen LogP contribution in [0.4, 0.5) is 5.82 Å². The predicted octanol–water partition coefficient (Wildman–Crippen LogP) is 0.455. The van der Waals surface area contributed by atoms with Crippen molar-refractivity contribution in [2.24, 2.45) is 16.5 Å². The Bertz CT molecular complexity index is 378. The van der Waals surface area contributed by atoms with E-state index in [0.29, 0.717) is 6.54 Å². The zero-order chi connectivity index (χ0) is 11.4. The van der Waals surface area contributed by atoms with Crippen molar-refractivity contribution in [3.63, 3.8) is 0 Å². The van der Waals surface area contributed by atoms with Gasteiger partial charge in [0.05, 0.1) is 6.54 Å². The van der Waals surface area contributed by atoms with Gasteiger partial charge in [-0.3, -0.25) is 0 Å². The van der Waals surface area contributed by atoms with Crippen LogP contribution in [0, 0.1) is 0 Å². The number of guanidine groups is 1. The molecule has 1 aliphatic rings. The van der Waals surface area contributed by atoms with Crippen LogP contribution in [0.1, 0.15) is 18.4 Å². The van der Waals surface area contributed by atoms with E-state index in [1.165, 1.54) is 12.8 Å². The van der Waals surface area contributed by atoms with Crippen molar-refractivity contribution < 1.29 is 0 Å². The highest BCUT2D eigenvalue weighted by Crippen LogP contribution is 2.18. The number of aromatic nitrogens is 1. The zero-order valence-electron chi connectivity index (χ0n) is 9.26.